The topological polar surface area (TPSA) is 94.2 Å². The van der Waals surface area contributed by atoms with Crippen molar-refractivity contribution in [2.75, 3.05) is 6.54 Å². The van der Waals surface area contributed by atoms with Gasteiger partial charge in [-0.3, -0.25) is 9.63 Å². The number of nitrogens with one attached hydrogen (secondary N) is 1. The number of nitrogens with zero attached hydrogens (tertiary/aromatic N) is 1. The molecule has 8 nitrogen and oxygen atoms in total. The first-order chi connectivity index (χ1) is 21.6. The molecule has 0 bridgehead atoms. The molecule has 0 saturated carbocycles. The van der Waals surface area contributed by atoms with Gasteiger partial charge in [-0.1, -0.05) is 121 Å². The standard InChI is InChI=1S/C36H38N2O6/c39-34(42-26-30-16-7-2-8-17-30)24-23-33(35(40)43-27-31-18-9-3-10-19-31)37-36(41)38(44-28-32-20-11-4-12-21-32)25-13-22-29-14-5-1-6-15-29/h1-12,14-21,33H,13,22-28H2,(H,37,41)/t33-/m0/s1. The van der Waals surface area contributed by atoms with E-state index in [0.717, 1.165) is 28.7 Å². The zero-order valence-electron chi connectivity index (χ0n) is 24.7. The van der Waals surface area contributed by atoms with E-state index in [2.05, 4.69) is 5.32 Å². The van der Waals surface area contributed by atoms with Crippen LogP contribution in [0.25, 0.3) is 0 Å². The van der Waals surface area contributed by atoms with Crippen LogP contribution in [0.1, 0.15) is 41.5 Å². The van der Waals surface area contributed by atoms with Crippen LogP contribution in [-0.2, 0) is 50.1 Å². The first-order valence-electron chi connectivity index (χ1n) is 14.8. The second-order valence-electron chi connectivity index (χ2n) is 10.2. The second-order valence-corrected chi connectivity index (χ2v) is 10.2. The lowest BCUT2D eigenvalue weighted by atomic mass is 10.1. The van der Waals surface area contributed by atoms with Crippen molar-refractivity contribution in [1.29, 1.82) is 0 Å². The normalized spacial score (nSPS) is 11.3. The molecule has 2 amide bonds. The number of hydrogen-bond donors (Lipinski definition) is 1. The molecule has 0 radical (unpaired) electrons. The Balaban J connectivity index is 1.40. The van der Waals surface area contributed by atoms with Gasteiger partial charge in [-0.15, -0.1) is 0 Å². The molecule has 1 atom stereocenters. The number of carbonyl (C=O) groups is 3. The minimum absolute atomic E-state index is 0.00350. The number of esters is 2. The van der Waals surface area contributed by atoms with Crippen LogP contribution in [0.15, 0.2) is 121 Å². The van der Waals surface area contributed by atoms with Gasteiger partial charge in [0.15, 0.2) is 0 Å². The molecule has 0 saturated heterocycles. The molecule has 0 fully saturated rings. The van der Waals surface area contributed by atoms with E-state index in [1.807, 2.05) is 121 Å². The van der Waals surface area contributed by atoms with E-state index in [0.29, 0.717) is 13.0 Å². The summed E-state index contributed by atoms with van der Waals surface area (Å²) in [5.41, 5.74) is 3.71. The van der Waals surface area contributed by atoms with Gasteiger partial charge in [-0.25, -0.2) is 14.7 Å². The Hall–Kier alpha value is -4.95. The summed E-state index contributed by atoms with van der Waals surface area (Å²) in [6.07, 6.45) is 1.30. The van der Waals surface area contributed by atoms with Crippen LogP contribution < -0.4 is 5.32 Å². The average molecular weight is 595 g/mol. The molecule has 44 heavy (non-hydrogen) atoms. The van der Waals surface area contributed by atoms with Crippen LogP contribution in [0.4, 0.5) is 4.79 Å². The predicted octanol–water partition coefficient (Wildman–Crippen LogP) is 6.40. The Bertz CT molecular complexity index is 1420. The third kappa shape index (κ3) is 11.4. The van der Waals surface area contributed by atoms with Gasteiger partial charge in [0.25, 0.3) is 0 Å². The number of aryl methyl sites for hydroxylation is 1. The molecule has 0 aromatic heterocycles. The van der Waals surface area contributed by atoms with Crippen LogP contribution in [0.2, 0.25) is 0 Å². The van der Waals surface area contributed by atoms with Gasteiger partial charge in [-0.05, 0) is 41.5 Å². The summed E-state index contributed by atoms with van der Waals surface area (Å²) in [6.45, 7) is 0.625. The van der Waals surface area contributed by atoms with Crippen molar-refractivity contribution in [2.24, 2.45) is 0 Å². The third-order valence-electron chi connectivity index (χ3n) is 6.81. The number of benzene rings is 4. The zero-order valence-corrected chi connectivity index (χ0v) is 24.7. The third-order valence-corrected chi connectivity index (χ3v) is 6.81. The van der Waals surface area contributed by atoms with Crippen LogP contribution >= 0.6 is 0 Å². The van der Waals surface area contributed by atoms with E-state index < -0.39 is 24.0 Å². The van der Waals surface area contributed by atoms with Crippen molar-refractivity contribution < 1.29 is 28.7 Å². The van der Waals surface area contributed by atoms with E-state index >= 15 is 0 Å². The number of urea groups is 1. The lowest BCUT2D eigenvalue weighted by Crippen LogP contribution is -2.49. The van der Waals surface area contributed by atoms with Crippen molar-refractivity contribution in [3.05, 3.63) is 144 Å². The fourth-order valence-corrected chi connectivity index (χ4v) is 4.39. The molecule has 0 heterocycles. The Morgan fingerprint density at radius 2 is 1.09 bits per heavy atom. The summed E-state index contributed by atoms with van der Waals surface area (Å²) >= 11 is 0. The highest BCUT2D eigenvalue weighted by atomic mass is 16.7. The van der Waals surface area contributed by atoms with Crippen molar-refractivity contribution in [1.82, 2.24) is 10.4 Å². The minimum Gasteiger partial charge on any atom is -0.461 e. The summed E-state index contributed by atoms with van der Waals surface area (Å²) in [5, 5.41) is 3.98. The summed E-state index contributed by atoms with van der Waals surface area (Å²) in [7, 11) is 0. The van der Waals surface area contributed by atoms with Gasteiger partial charge < -0.3 is 14.8 Å². The highest BCUT2D eigenvalue weighted by Gasteiger charge is 2.27. The molecule has 0 aliphatic carbocycles. The van der Waals surface area contributed by atoms with E-state index in [9.17, 15) is 14.4 Å². The first kappa shape index (κ1) is 32.0. The van der Waals surface area contributed by atoms with E-state index in [-0.39, 0.29) is 32.7 Å². The molecule has 4 rings (SSSR count). The Kier molecular flexibility index (Phi) is 13.0. The predicted molar refractivity (Wildman–Crippen MR) is 167 cm³/mol. The maximum absolute atomic E-state index is 13.5. The molecule has 4 aromatic carbocycles. The molecular formula is C36H38N2O6. The molecule has 4 aromatic rings. The number of carbonyl (C=O) groups excluding carboxylic acids is 3. The SMILES string of the molecule is O=C(CC[C@H](NC(=O)N(CCCc1ccccc1)OCc1ccccc1)C(=O)OCc1ccccc1)OCc1ccccc1. The maximum atomic E-state index is 13.5. The summed E-state index contributed by atoms with van der Waals surface area (Å²) in [4.78, 5) is 45.2. The molecule has 0 aliphatic heterocycles. The van der Waals surface area contributed by atoms with Crippen molar-refractivity contribution in [3.8, 4) is 0 Å². The van der Waals surface area contributed by atoms with Crippen molar-refractivity contribution >= 4 is 18.0 Å². The first-order valence-corrected chi connectivity index (χ1v) is 14.8. The number of rotatable bonds is 16. The summed E-state index contributed by atoms with van der Waals surface area (Å²) in [6, 6.07) is 36.4. The van der Waals surface area contributed by atoms with Gasteiger partial charge in [-0.2, -0.15) is 0 Å². The molecule has 228 valence electrons. The van der Waals surface area contributed by atoms with Gasteiger partial charge >= 0.3 is 18.0 Å². The Morgan fingerprint density at radius 3 is 1.64 bits per heavy atom. The molecule has 0 unspecified atom stereocenters. The lowest BCUT2D eigenvalue weighted by molar-refractivity contribution is -0.150. The minimum atomic E-state index is -1.09. The number of amides is 2. The fourth-order valence-electron chi connectivity index (χ4n) is 4.39. The quantitative estimate of drug-likeness (QED) is 0.119. The van der Waals surface area contributed by atoms with Crippen LogP contribution in [0, 0.1) is 0 Å². The fraction of sp³-hybridized carbons (Fsp3) is 0.250. The van der Waals surface area contributed by atoms with Crippen LogP contribution in [0.5, 0.6) is 0 Å². The molecule has 0 aliphatic rings. The highest BCUT2D eigenvalue weighted by Crippen LogP contribution is 2.11. The Morgan fingerprint density at radius 1 is 0.614 bits per heavy atom. The van der Waals surface area contributed by atoms with Gasteiger partial charge in [0.2, 0.25) is 0 Å². The number of hydrogen-bond acceptors (Lipinski definition) is 6. The lowest BCUT2D eigenvalue weighted by Gasteiger charge is -2.25. The van der Waals surface area contributed by atoms with Crippen LogP contribution in [0.3, 0.4) is 0 Å². The molecule has 8 heteroatoms. The smallest absolute Gasteiger partial charge is 0.342 e. The maximum Gasteiger partial charge on any atom is 0.342 e. The van der Waals surface area contributed by atoms with Crippen LogP contribution in [-0.4, -0.2) is 35.6 Å². The summed E-state index contributed by atoms with van der Waals surface area (Å²) < 4.78 is 10.9. The molecular weight excluding hydrogens is 556 g/mol. The Labute approximate surface area is 258 Å². The molecule has 0 spiro atoms. The van der Waals surface area contributed by atoms with E-state index in [1.54, 1.807) is 0 Å². The number of hydroxylamine groups is 2. The largest absolute Gasteiger partial charge is 0.461 e. The van der Waals surface area contributed by atoms with Gasteiger partial charge in [0.05, 0.1) is 6.54 Å². The summed E-state index contributed by atoms with van der Waals surface area (Å²) in [5.74, 6) is -1.13. The zero-order chi connectivity index (χ0) is 30.8. The second kappa shape index (κ2) is 17.9. The number of ether oxygens (including phenoxy) is 2. The molecule has 1 N–H and O–H groups in total. The van der Waals surface area contributed by atoms with Gasteiger partial charge in [0, 0.05) is 6.42 Å². The monoisotopic (exact) mass is 594 g/mol. The average Bonchev–Trinajstić information content (AvgIpc) is 3.07. The van der Waals surface area contributed by atoms with Crippen molar-refractivity contribution in [2.45, 2.75) is 51.5 Å². The van der Waals surface area contributed by atoms with Crippen molar-refractivity contribution in [3.63, 3.8) is 0 Å². The van der Waals surface area contributed by atoms with E-state index in [4.69, 9.17) is 14.3 Å². The van der Waals surface area contributed by atoms with Gasteiger partial charge in [0.1, 0.15) is 25.9 Å². The highest BCUT2D eigenvalue weighted by molar-refractivity contribution is 5.83. The van der Waals surface area contributed by atoms with E-state index in [1.165, 1.54) is 5.06 Å².